The molecule has 3 aromatic rings. The van der Waals surface area contributed by atoms with Gasteiger partial charge in [-0.3, -0.25) is 14.9 Å². The number of carbonyl (C=O) groups is 1. The van der Waals surface area contributed by atoms with Crippen molar-refractivity contribution in [1.29, 1.82) is 0 Å². The quantitative estimate of drug-likeness (QED) is 0.293. The lowest BCUT2D eigenvalue weighted by molar-refractivity contribution is -0.384. The fourth-order valence-electron chi connectivity index (χ4n) is 2.32. The number of thiophene rings is 1. The number of ether oxygens (including phenoxy) is 1. The fourth-order valence-corrected chi connectivity index (χ4v) is 4.39. The van der Waals surface area contributed by atoms with E-state index in [2.05, 4.69) is 14.9 Å². The van der Waals surface area contributed by atoms with Crippen molar-refractivity contribution in [2.75, 3.05) is 6.54 Å². The third-order valence-corrected chi connectivity index (χ3v) is 6.66. The molecular weight excluding hydrogens is 436 g/mol. The molecular formula is C17H16N4O7S2. The summed E-state index contributed by atoms with van der Waals surface area (Å²) in [5, 5.41) is 20.0. The zero-order valence-corrected chi connectivity index (χ0v) is 17.2. The van der Waals surface area contributed by atoms with Crippen LogP contribution in [0, 0.1) is 10.1 Å². The second kappa shape index (κ2) is 9.11. The Balaban J connectivity index is 1.53. The molecule has 2 aromatic heterocycles. The predicted octanol–water partition coefficient (Wildman–Crippen LogP) is 2.68. The van der Waals surface area contributed by atoms with Gasteiger partial charge in [0.2, 0.25) is 15.9 Å². The number of nitro groups is 1. The molecule has 1 N–H and O–H groups in total. The minimum absolute atomic E-state index is 0.0378. The van der Waals surface area contributed by atoms with Crippen molar-refractivity contribution in [3.63, 3.8) is 0 Å². The second-order valence-electron chi connectivity index (χ2n) is 5.96. The summed E-state index contributed by atoms with van der Waals surface area (Å²) in [4.78, 5) is 22.1. The summed E-state index contributed by atoms with van der Waals surface area (Å²) in [5.74, 6) is -0.492. The van der Waals surface area contributed by atoms with Crippen LogP contribution >= 0.6 is 11.3 Å². The highest BCUT2D eigenvalue weighted by molar-refractivity contribution is 7.91. The molecule has 1 aromatic carbocycles. The number of nitrogens with zero attached hydrogens (tertiary/aromatic N) is 3. The molecule has 1 atom stereocenters. The first kappa shape index (κ1) is 21.5. The first-order chi connectivity index (χ1) is 14.3. The normalized spacial score (nSPS) is 12.4. The molecule has 0 aliphatic carbocycles. The van der Waals surface area contributed by atoms with Gasteiger partial charge in [-0.25, -0.2) is 13.1 Å². The largest absolute Gasteiger partial charge is 0.453 e. The van der Waals surface area contributed by atoms with E-state index >= 15 is 0 Å². The topological polar surface area (TPSA) is 155 Å². The Labute approximate surface area is 174 Å². The Hall–Kier alpha value is -3.16. The van der Waals surface area contributed by atoms with Gasteiger partial charge in [-0.15, -0.1) is 21.5 Å². The van der Waals surface area contributed by atoms with Gasteiger partial charge in [0, 0.05) is 24.2 Å². The van der Waals surface area contributed by atoms with Crippen LogP contribution in [-0.2, 0) is 19.6 Å². The summed E-state index contributed by atoms with van der Waals surface area (Å²) in [6.07, 6.45) is -1.04. The lowest BCUT2D eigenvalue weighted by atomic mass is 10.2. The van der Waals surface area contributed by atoms with Gasteiger partial charge in [-0.05, 0) is 30.5 Å². The molecule has 0 bridgehead atoms. The van der Waals surface area contributed by atoms with E-state index in [1.165, 1.54) is 37.3 Å². The first-order valence-electron chi connectivity index (χ1n) is 8.57. The van der Waals surface area contributed by atoms with Crippen LogP contribution in [0.1, 0.15) is 25.3 Å². The van der Waals surface area contributed by atoms with Crippen LogP contribution in [0.15, 0.2) is 50.4 Å². The molecule has 0 spiro atoms. The van der Waals surface area contributed by atoms with Crippen molar-refractivity contribution in [3.05, 3.63) is 57.8 Å². The van der Waals surface area contributed by atoms with Gasteiger partial charge < -0.3 is 9.15 Å². The molecule has 0 saturated heterocycles. The summed E-state index contributed by atoms with van der Waals surface area (Å²) in [7, 11) is -3.65. The van der Waals surface area contributed by atoms with Crippen molar-refractivity contribution in [2.45, 2.75) is 23.7 Å². The van der Waals surface area contributed by atoms with E-state index in [9.17, 15) is 23.3 Å². The lowest BCUT2D eigenvalue weighted by Crippen LogP contribution is -2.26. The van der Waals surface area contributed by atoms with E-state index < -0.39 is 27.0 Å². The van der Waals surface area contributed by atoms with E-state index in [0.29, 0.717) is 5.56 Å². The summed E-state index contributed by atoms with van der Waals surface area (Å²) in [5.41, 5.74) is 0.399. The molecule has 2 heterocycles. The molecule has 158 valence electrons. The van der Waals surface area contributed by atoms with Gasteiger partial charge in [-0.1, -0.05) is 6.07 Å². The number of benzene rings is 1. The van der Waals surface area contributed by atoms with Gasteiger partial charge in [-0.2, -0.15) is 0 Å². The van der Waals surface area contributed by atoms with Gasteiger partial charge in [0.15, 0.2) is 6.10 Å². The standard InChI is InChI=1S/C17H16N4O7S2/c1-11(27-14(22)8-9-18-30(25,26)15-3-2-10-29-15)16-19-20-17(28-16)12-4-6-13(7-5-12)21(23)24/h2-7,10-11,18H,8-9H2,1H3. The highest BCUT2D eigenvalue weighted by Crippen LogP contribution is 2.24. The molecule has 13 heteroatoms. The number of rotatable bonds is 9. The minimum Gasteiger partial charge on any atom is -0.453 e. The molecule has 30 heavy (non-hydrogen) atoms. The van der Waals surface area contributed by atoms with Crippen molar-refractivity contribution in [3.8, 4) is 11.5 Å². The predicted molar refractivity (Wildman–Crippen MR) is 105 cm³/mol. The first-order valence-corrected chi connectivity index (χ1v) is 10.9. The highest BCUT2D eigenvalue weighted by Gasteiger charge is 2.20. The van der Waals surface area contributed by atoms with Crippen LogP contribution < -0.4 is 4.72 Å². The molecule has 1 unspecified atom stereocenters. The zero-order chi connectivity index (χ0) is 21.7. The van der Waals surface area contributed by atoms with Crippen LogP contribution in [0.25, 0.3) is 11.5 Å². The van der Waals surface area contributed by atoms with Gasteiger partial charge >= 0.3 is 5.97 Å². The van der Waals surface area contributed by atoms with Crippen molar-refractivity contribution < 1.29 is 27.3 Å². The van der Waals surface area contributed by atoms with Gasteiger partial charge in [0.05, 0.1) is 11.3 Å². The van der Waals surface area contributed by atoms with E-state index in [0.717, 1.165) is 11.3 Å². The Morgan fingerprint density at radius 2 is 2.03 bits per heavy atom. The maximum absolute atomic E-state index is 12.0. The van der Waals surface area contributed by atoms with Crippen molar-refractivity contribution >= 4 is 33.0 Å². The van der Waals surface area contributed by atoms with Crippen LogP contribution in [0.5, 0.6) is 0 Å². The number of hydrogen-bond donors (Lipinski definition) is 1. The van der Waals surface area contributed by atoms with Crippen LogP contribution in [0.4, 0.5) is 5.69 Å². The molecule has 0 saturated carbocycles. The maximum Gasteiger partial charge on any atom is 0.307 e. The Morgan fingerprint density at radius 3 is 2.67 bits per heavy atom. The number of nitrogens with one attached hydrogen (secondary N) is 1. The minimum atomic E-state index is -3.65. The van der Waals surface area contributed by atoms with Crippen molar-refractivity contribution in [2.24, 2.45) is 0 Å². The number of sulfonamides is 1. The Morgan fingerprint density at radius 1 is 1.30 bits per heavy atom. The number of esters is 1. The molecule has 0 fully saturated rings. The SMILES string of the molecule is CC(OC(=O)CCNS(=O)(=O)c1cccs1)c1nnc(-c2ccc([N+](=O)[O-])cc2)o1. The molecule has 0 amide bonds. The Kier molecular flexibility index (Phi) is 6.54. The fraction of sp³-hybridized carbons (Fsp3) is 0.235. The summed E-state index contributed by atoms with van der Waals surface area (Å²) in [6, 6.07) is 8.62. The molecule has 3 rings (SSSR count). The number of hydrogen-bond acceptors (Lipinski definition) is 10. The number of aromatic nitrogens is 2. The van der Waals surface area contributed by atoms with E-state index in [4.69, 9.17) is 9.15 Å². The van der Waals surface area contributed by atoms with E-state index in [1.807, 2.05) is 0 Å². The number of non-ortho nitro benzene ring substituents is 1. The third kappa shape index (κ3) is 5.25. The maximum atomic E-state index is 12.0. The van der Waals surface area contributed by atoms with E-state index in [1.54, 1.807) is 11.4 Å². The highest BCUT2D eigenvalue weighted by atomic mass is 32.2. The molecule has 0 aliphatic rings. The third-order valence-electron chi connectivity index (χ3n) is 3.80. The van der Waals surface area contributed by atoms with Gasteiger partial charge in [0.1, 0.15) is 4.21 Å². The monoisotopic (exact) mass is 452 g/mol. The van der Waals surface area contributed by atoms with Crippen LogP contribution in [0.3, 0.4) is 0 Å². The Bertz CT molecular complexity index is 1130. The summed E-state index contributed by atoms with van der Waals surface area (Å²) >= 11 is 1.07. The van der Waals surface area contributed by atoms with Crippen LogP contribution in [-0.4, -0.2) is 36.1 Å². The average Bonchev–Trinajstić information content (AvgIpc) is 3.40. The summed E-state index contributed by atoms with van der Waals surface area (Å²) in [6.45, 7) is 1.41. The zero-order valence-electron chi connectivity index (χ0n) is 15.5. The smallest absolute Gasteiger partial charge is 0.307 e. The van der Waals surface area contributed by atoms with E-state index in [-0.39, 0.29) is 34.6 Å². The molecule has 11 nitrogen and oxygen atoms in total. The molecule has 0 aliphatic heterocycles. The second-order valence-corrected chi connectivity index (χ2v) is 8.90. The van der Waals surface area contributed by atoms with Crippen molar-refractivity contribution in [1.82, 2.24) is 14.9 Å². The summed E-state index contributed by atoms with van der Waals surface area (Å²) < 4.78 is 37.1. The lowest BCUT2D eigenvalue weighted by Gasteiger charge is -2.09. The number of carbonyl (C=O) groups excluding carboxylic acids is 1. The average molecular weight is 452 g/mol. The number of nitro benzene ring substituents is 1. The molecule has 0 radical (unpaired) electrons. The van der Waals surface area contributed by atoms with Crippen LogP contribution in [0.2, 0.25) is 0 Å². The van der Waals surface area contributed by atoms with Gasteiger partial charge in [0.25, 0.3) is 11.6 Å².